The van der Waals surface area contributed by atoms with Gasteiger partial charge >= 0.3 is 0 Å². The van der Waals surface area contributed by atoms with Gasteiger partial charge in [-0.3, -0.25) is 9.78 Å². The van der Waals surface area contributed by atoms with Crippen LogP contribution in [0.2, 0.25) is 0 Å². The number of hydrogen-bond donors (Lipinski definition) is 3. The number of aryl methyl sites for hydroxylation is 1. The summed E-state index contributed by atoms with van der Waals surface area (Å²) >= 11 is 0. The minimum Gasteiger partial charge on any atom is -0.507 e. The number of nitrogens with zero attached hydrogens (tertiary/aromatic N) is 4. The smallest absolute Gasteiger partial charge is 0.255 e. The van der Waals surface area contributed by atoms with Crippen LogP contribution in [0.3, 0.4) is 0 Å². The van der Waals surface area contributed by atoms with Gasteiger partial charge in [-0.05, 0) is 92.5 Å². The van der Waals surface area contributed by atoms with E-state index >= 15 is 0 Å². The summed E-state index contributed by atoms with van der Waals surface area (Å²) in [6.45, 7) is 13.3. The van der Waals surface area contributed by atoms with Crippen molar-refractivity contribution in [2.75, 3.05) is 45.1 Å². The number of anilines is 1. The number of carbonyl (C=O) groups is 1. The summed E-state index contributed by atoms with van der Waals surface area (Å²) in [5.41, 5.74) is 5.33. The molecule has 6 rings (SSSR count). The summed E-state index contributed by atoms with van der Waals surface area (Å²) < 4.78 is 8.64. The van der Waals surface area contributed by atoms with Crippen LogP contribution < -0.4 is 10.1 Å². The van der Waals surface area contributed by atoms with Crippen LogP contribution in [0.15, 0.2) is 79.1 Å². The summed E-state index contributed by atoms with van der Waals surface area (Å²) in [6, 6.07) is 19.3. The van der Waals surface area contributed by atoms with Crippen LogP contribution in [0.4, 0.5) is 5.69 Å². The Balaban J connectivity index is 1.11. The summed E-state index contributed by atoms with van der Waals surface area (Å²) in [5, 5.41) is 25.0. The molecule has 1 unspecified atom stereocenters. The van der Waals surface area contributed by atoms with Crippen molar-refractivity contribution in [3.05, 3.63) is 95.9 Å². The first-order chi connectivity index (χ1) is 22.2. The highest BCUT2D eigenvalue weighted by Crippen LogP contribution is 2.39. The molecule has 3 aromatic carbocycles. The van der Waals surface area contributed by atoms with E-state index in [2.05, 4.69) is 64.6 Å². The van der Waals surface area contributed by atoms with Crippen LogP contribution in [-0.2, 0) is 6.54 Å². The average molecular weight is 620 g/mol. The molecule has 3 heterocycles. The van der Waals surface area contributed by atoms with Gasteiger partial charge in [-0.15, -0.1) is 0 Å². The lowest BCUT2D eigenvalue weighted by Crippen LogP contribution is -2.46. The number of nitrogens with one attached hydrogen (secondary N) is 1. The van der Waals surface area contributed by atoms with Crippen molar-refractivity contribution in [3.63, 3.8) is 0 Å². The molecule has 46 heavy (non-hydrogen) atoms. The number of fused-ring (bicyclic) bond motifs is 1. The van der Waals surface area contributed by atoms with E-state index in [1.807, 2.05) is 6.07 Å². The third kappa shape index (κ3) is 6.71. The Morgan fingerprint density at radius 1 is 0.891 bits per heavy atom. The zero-order valence-electron chi connectivity index (χ0n) is 26.8. The molecule has 1 aliphatic rings. The molecule has 0 radical (unpaired) electrons. The molecular weight excluding hydrogens is 578 g/mol. The minimum absolute atomic E-state index is 0.150. The molecule has 2 aromatic heterocycles. The van der Waals surface area contributed by atoms with Crippen LogP contribution in [-0.4, -0.2) is 75.2 Å². The fourth-order valence-corrected chi connectivity index (χ4v) is 6.28. The maximum Gasteiger partial charge on any atom is 0.255 e. The van der Waals surface area contributed by atoms with Crippen LogP contribution in [0.25, 0.3) is 22.0 Å². The predicted molar refractivity (Wildman–Crippen MR) is 182 cm³/mol. The van der Waals surface area contributed by atoms with Crippen LogP contribution >= 0.6 is 0 Å². The van der Waals surface area contributed by atoms with Crippen LogP contribution in [0.1, 0.15) is 28.5 Å². The Kier molecular flexibility index (Phi) is 8.96. The number of carbonyl (C=O) groups excluding carboxylic acids is 1. The highest BCUT2D eigenvalue weighted by atomic mass is 16.5. The molecule has 0 saturated carbocycles. The number of aromatic hydroxyl groups is 2. The largest absolute Gasteiger partial charge is 0.507 e. The van der Waals surface area contributed by atoms with Crippen LogP contribution in [0.5, 0.6) is 23.0 Å². The first-order valence-electron chi connectivity index (χ1n) is 15.7. The number of likely N-dealkylation sites (N-methyl/N-ethyl adjacent to an activating group) is 1. The van der Waals surface area contributed by atoms with Crippen molar-refractivity contribution in [1.29, 1.82) is 0 Å². The average Bonchev–Trinajstić information content (AvgIpc) is 3.27. The van der Waals surface area contributed by atoms with E-state index < -0.39 is 0 Å². The van der Waals surface area contributed by atoms with Crippen molar-refractivity contribution in [1.82, 2.24) is 19.4 Å². The van der Waals surface area contributed by atoms with E-state index in [1.165, 1.54) is 34.3 Å². The summed E-state index contributed by atoms with van der Waals surface area (Å²) in [6.07, 6.45) is 3.15. The van der Waals surface area contributed by atoms with Gasteiger partial charge in [0.05, 0.1) is 5.56 Å². The normalized spacial score (nSPS) is 14.8. The standard InChI is InChI=1S/C37H41N5O4/c1-24(22-41-17-15-40(4)16-18-41)23-42-26(3)25(2)32-21-31(9-10-33(32)42)46-30-7-5-28(6-8-30)37(45)39-29-19-34(43)36(35(44)20-29)27-11-13-38-14-12-27/h5-14,19-21,24,43-44H,15-18,22-23H2,1-4H3,(H,39,45). The zero-order valence-corrected chi connectivity index (χ0v) is 26.8. The lowest BCUT2D eigenvalue weighted by Gasteiger charge is -2.34. The van der Waals surface area contributed by atoms with E-state index in [-0.39, 0.29) is 28.7 Å². The van der Waals surface area contributed by atoms with E-state index in [9.17, 15) is 15.0 Å². The first-order valence-corrected chi connectivity index (χ1v) is 15.7. The van der Waals surface area contributed by atoms with Gasteiger partial charge in [0.15, 0.2) is 0 Å². The summed E-state index contributed by atoms with van der Waals surface area (Å²) in [4.78, 5) is 21.9. The van der Waals surface area contributed by atoms with Gasteiger partial charge in [0.1, 0.15) is 23.0 Å². The van der Waals surface area contributed by atoms with Gasteiger partial charge in [-0.1, -0.05) is 6.92 Å². The quantitative estimate of drug-likeness (QED) is 0.170. The Morgan fingerprint density at radius 3 is 2.22 bits per heavy atom. The number of aromatic nitrogens is 2. The van der Waals surface area contributed by atoms with Gasteiger partial charge < -0.3 is 34.6 Å². The Hall–Kier alpha value is -4.86. The van der Waals surface area contributed by atoms with Gasteiger partial charge in [-0.25, -0.2) is 0 Å². The van der Waals surface area contributed by atoms with Gasteiger partial charge in [-0.2, -0.15) is 0 Å². The van der Waals surface area contributed by atoms with Gasteiger partial charge in [0.25, 0.3) is 5.91 Å². The second kappa shape index (κ2) is 13.2. The summed E-state index contributed by atoms with van der Waals surface area (Å²) in [5.74, 6) is 1.20. The lowest BCUT2D eigenvalue weighted by molar-refractivity contribution is 0.102. The second-order valence-electron chi connectivity index (χ2n) is 12.4. The SMILES string of the molecule is Cc1c(C)n(CC(C)CN2CCN(C)CC2)c2ccc(Oc3ccc(C(=O)Nc4cc(O)c(-c5ccncc5)c(O)c4)cc3)cc12. The molecule has 1 amide bonds. The third-order valence-electron chi connectivity index (χ3n) is 8.95. The molecule has 1 fully saturated rings. The fourth-order valence-electron chi connectivity index (χ4n) is 6.28. The molecule has 0 spiro atoms. The van der Waals surface area contributed by atoms with Crippen molar-refractivity contribution in [2.45, 2.75) is 27.3 Å². The Bertz CT molecular complexity index is 1820. The Labute approximate surface area is 269 Å². The maximum atomic E-state index is 13.0. The highest BCUT2D eigenvalue weighted by Gasteiger charge is 2.19. The van der Waals surface area contributed by atoms with E-state index in [0.29, 0.717) is 22.8 Å². The number of benzene rings is 3. The molecule has 0 bridgehead atoms. The van der Waals surface area contributed by atoms with Gasteiger partial charge in [0, 0.05) is 91.6 Å². The molecule has 1 saturated heterocycles. The number of pyridine rings is 1. The number of phenolic OH excluding ortho intramolecular Hbond substituents is 2. The molecule has 9 nitrogen and oxygen atoms in total. The Morgan fingerprint density at radius 2 is 1.54 bits per heavy atom. The molecular formula is C37H41N5O4. The molecule has 9 heteroatoms. The maximum absolute atomic E-state index is 13.0. The zero-order chi connectivity index (χ0) is 32.4. The van der Waals surface area contributed by atoms with E-state index in [1.54, 1.807) is 48.8 Å². The molecule has 1 aliphatic heterocycles. The van der Waals surface area contributed by atoms with Crippen molar-refractivity contribution < 1.29 is 19.7 Å². The lowest BCUT2D eigenvalue weighted by atomic mass is 10.0. The fraction of sp³-hybridized carbons (Fsp3) is 0.297. The van der Waals surface area contributed by atoms with Gasteiger partial charge in [0.2, 0.25) is 0 Å². The summed E-state index contributed by atoms with van der Waals surface area (Å²) in [7, 11) is 2.19. The molecule has 1 atom stereocenters. The molecule has 5 aromatic rings. The van der Waals surface area contributed by atoms with Crippen molar-refractivity contribution in [3.8, 4) is 34.1 Å². The molecule has 0 aliphatic carbocycles. The van der Waals surface area contributed by atoms with Crippen LogP contribution in [0, 0.1) is 19.8 Å². The predicted octanol–water partition coefficient (Wildman–Crippen LogP) is 6.66. The number of piperazine rings is 1. The topological polar surface area (TPSA) is 103 Å². The number of hydrogen-bond acceptors (Lipinski definition) is 7. The number of phenols is 2. The molecule has 238 valence electrons. The first kappa shape index (κ1) is 31.1. The molecule has 3 N–H and O–H groups in total. The minimum atomic E-state index is -0.377. The highest BCUT2D eigenvalue weighted by molar-refractivity contribution is 6.04. The van der Waals surface area contributed by atoms with Crippen molar-refractivity contribution >= 4 is 22.5 Å². The monoisotopic (exact) mass is 619 g/mol. The number of ether oxygens (including phenoxy) is 1. The second-order valence-corrected chi connectivity index (χ2v) is 12.4. The van der Waals surface area contributed by atoms with E-state index in [4.69, 9.17) is 4.74 Å². The number of rotatable bonds is 9. The van der Waals surface area contributed by atoms with Crippen molar-refractivity contribution in [2.24, 2.45) is 5.92 Å². The third-order valence-corrected chi connectivity index (χ3v) is 8.95. The number of amides is 1. The van der Waals surface area contributed by atoms with E-state index in [0.717, 1.165) is 45.0 Å².